The van der Waals surface area contributed by atoms with E-state index in [2.05, 4.69) is 17.4 Å². The van der Waals surface area contributed by atoms with Gasteiger partial charge in [0.1, 0.15) is 11.4 Å². The summed E-state index contributed by atoms with van der Waals surface area (Å²) in [6.07, 6.45) is 0.700. The van der Waals surface area contributed by atoms with E-state index in [9.17, 15) is 4.79 Å². The van der Waals surface area contributed by atoms with Crippen LogP contribution in [0.4, 0.5) is 4.79 Å². The molecule has 1 atom stereocenters. The molecule has 0 aliphatic carbocycles. The fourth-order valence-electron chi connectivity index (χ4n) is 2.95. The molecule has 22 heavy (non-hydrogen) atoms. The number of amides is 1. The van der Waals surface area contributed by atoms with Gasteiger partial charge in [-0.1, -0.05) is 6.07 Å². The Morgan fingerprint density at radius 3 is 3.00 bits per heavy atom. The smallest absolute Gasteiger partial charge is 0.410 e. The molecule has 120 valence electrons. The second kappa shape index (κ2) is 5.80. The number of piperazine rings is 1. The van der Waals surface area contributed by atoms with E-state index in [-0.39, 0.29) is 12.1 Å². The van der Waals surface area contributed by atoms with Crippen molar-refractivity contribution in [3.8, 4) is 5.75 Å². The highest BCUT2D eigenvalue weighted by Gasteiger charge is 2.32. The lowest BCUT2D eigenvalue weighted by atomic mass is 10.00. The molecule has 1 unspecified atom stereocenters. The van der Waals surface area contributed by atoms with Gasteiger partial charge in [0.25, 0.3) is 0 Å². The minimum absolute atomic E-state index is 0.00880. The Hall–Kier alpha value is -1.75. The lowest BCUT2D eigenvalue weighted by Crippen LogP contribution is -2.50. The molecule has 1 amide bonds. The van der Waals surface area contributed by atoms with E-state index in [1.807, 2.05) is 31.7 Å². The van der Waals surface area contributed by atoms with Gasteiger partial charge in [0.05, 0.1) is 12.6 Å². The maximum Gasteiger partial charge on any atom is 0.410 e. The van der Waals surface area contributed by atoms with E-state index in [1.54, 1.807) is 0 Å². The van der Waals surface area contributed by atoms with Crippen LogP contribution in [0.2, 0.25) is 0 Å². The van der Waals surface area contributed by atoms with E-state index in [0.717, 1.165) is 37.4 Å². The van der Waals surface area contributed by atoms with Gasteiger partial charge in [-0.15, -0.1) is 0 Å². The Labute approximate surface area is 131 Å². The highest BCUT2D eigenvalue weighted by molar-refractivity contribution is 5.69. The van der Waals surface area contributed by atoms with Crippen molar-refractivity contribution in [3.05, 3.63) is 29.3 Å². The van der Waals surface area contributed by atoms with Crippen LogP contribution in [-0.4, -0.2) is 42.8 Å². The summed E-state index contributed by atoms with van der Waals surface area (Å²) in [6, 6.07) is 6.24. The third-order valence-corrected chi connectivity index (χ3v) is 3.97. The first-order valence-corrected chi connectivity index (χ1v) is 7.90. The number of benzene rings is 1. The molecular weight excluding hydrogens is 280 g/mol. The third kappa shape index (κ3) is 3.19. The van der Waals surface area contributed by atoms with Crippen LogP contribution in [0.3, 0.4) is 0 Å². The molecule has 0 aromatic heterocycles. The molecule has 2 aliphatic heterocycles. The first kappa shape index (κ1) is 15.2. The molecule has 2 aliphatic rings. The molecule has 1 saturated heterocycles. The average Bonchev–Trinajstić information content (AvgIpc) is 2.92. The number of nitrogens with one attached hydrogen (secondary N) is 1. The number of fused-ring (bicyclic) bond motifs is 1. The van der Waals surface area contributed by atoms with Crippen LogP contribution in [0.5, 0.6) is 5.75 Å². The minimum atomic E-state index is -0.474. The van der Waals surface area contributed by atoms with Gasteiger partial charge in [0.15, 0.2) is 0 Å². The summed E-state index contributed by atoms with van der Waals surface area (Å²) in [5, 5.41) is 3.37. The van der Waals surface area contributed by atoms with Gasteiger partial charge >= 0.3 is 6.09 Å². The predicted molar refractivity (Wildman–Crippen MR) is 84.2 cm³/mol. The number of carbonyl (C=O) groups is 1. The summed E-state index contributed by atoms with van der Waals surface area (Å²) >= 11 is 0. The Balaban J connectivity index is 1.82. The van der Waals surface area contributed by atoms with Crippen LogP contribution < -0.4 is 10.1 Å². The first-order chi connectivity index (χ1) is 10.4. The standard InChI is InChI=1S/C17H24N2O3/c1-17(2,3)22-16(20)19-8-7-18-11-14(19)12-4-5-15-13(10-12)6-9-21-15/h4-5,10,14,18H,6-9,11H2,1-3H3. The van der Waals surface area contributed by atoms with Crippen molar-refractivity contribution in [2.75, 3.05) is 26.2 Å². The lowest BCUT2D eigenvalue weighted by molar-refractivity contribution is 0.0118. The van der Waals surface area contributed by atoms with Crippen LogP contribution in [0.1, 0.15) is 37.9 Å². The zero-order valence-electron chi connectivity index (χ0n) is 13.5. The monoisotopic (exact) mass is 304 g/mol. The van der Waals surface area contributed by atoms with E-state index in [0.29, 0.717) is 6.54 Å². The predicted octanol–water partition coefficient (Wildman–Crippen LogP) is 2.50. The van der Waals surface area contributed by atoms with Gasteiger partial charge in [0.2, 0.25) is 0 Å². The molecule has 5 nitrogen and oxygen atoms in total. The van der Waals surface area contributed by atoms with Crippen LogP contribution in [-0.2, 0) is 11.2 Å². The summed E-state index contributed by atoms with van der Waals surface area (Å²) in [4.78, 5) is 14.3. The number of rotatable bonds is 1. The summed E-state index contributed by atoms with van der Waals surface area (Å²) in [7, 11) is 0. The topological polar surface area (TPSA) is 50.8 Å². The number of ether oxygens (including phenoxy) is 2. The van der Waals surface area contributed by atoms with Gasteiger partial charge in [-0.3, -0.25) is 4.90 Å². The van der Waals surface area contributed by atoms with Crippen molar-refractivity contribution in [3.63, 3.8) is 0 Å². The Kier molecular flexibility index (Phi) is 4.00. The summed E-state index contributed by atoms with van der Waals surface area (Å²) in [5.41, 5.74) is 1.90. The maximum absolute atomic E-state index is 12.5. The molecule has 5 heteroatoms. The first-order valence-electron chi connectivity index (χ1n) is 7.90. The van der Waals surface area contributed by atoms with Gasteiger partial charge in [0, 0.05) is 26.1 Å². The van der Waals surface area contributed by atoms with Crippen LogP contribution in [0.15, 0.2) is 18.2 Å². The van der Waals surface area contributed by atoms with Crippen molar-refractivity contribution in [2.45, 2.75) is 38.8 Å². The lowest BCUT2D eigenvalue weighted by Gasteiger charge is -2.37. The second-order valence-corrected chi connectivity index (χ2v) is 6.86. The van der Waals surface area contributed by atoms with Crippen molar-refractivity contribution in [1.82, 2.24) is 10.2 Å². The minimum Gasteiger partial charge on any atom is -0.493 e. The largest absolute Gasteiger partial charge is 0.493 e. The average molecular weight is 304 g/mol. The molecule has 0 bridgehead atoms. The maximum atomic E-state index is 12.5. The molecule has 0 saturated carbocycles. The van der Waals surface area contributed by atoms with Crippen molar-refractivity contribution < 1.29 is 14.3 Å². The number of hydrogen-bond acceptors (Lipinski definition) is 4. The van der Waals surface area contributed by atoms with E-state index in [1.165, 1.54) is 5.56 Å². The van der Waals surface area contributed by atoms with Crippen LogP contribution >= 0.6 is 0 Å². The summed E-state index contributed by atoms with van der Waals surface area (Å²) in [5.74, 6) is 0.969. The van der Waals surface area contributed by atoms with E-state index in [4.69, 9.17) is 9.47 Å². The van der Waals surface area contributed by atoms with Crippen LogP contribution in [0.25, 0.3) is 0 Å². The highest BCUT2D eigenvalue weighted by atomic mass is 16.6. The fourth-order valence-corrected chi connectivity index (χ4v) is 2.95. The number of carbonyl (C=O) groups excluding carboxylic acids is 1. The quantitative estimate of drug-likeness (QED) is 0.866. The van der Waals surface area contributed by atoms with Crippen LogP contribution in [0, 0.1) is 0 Å². The van der Waals surface area contributed by atoms with Gasteiger partial charge in [-0.25, -0.2) is 4.79 Å². The number of hydrogen-bond donors (Lipinski definition) is 1. The zero-order valence-corrected chi connectivity index (χ0v) is 13.5. The van der Waals surface area contributed by atoms with Crippen molar-refractivity contribution >= 4 is 6.09 Å². The zero-order chi connectivity index (χ0) is 15.7. The van der Waals surface area contributed by atoms with Gasteiger partial charge in [-0.2, -0.15) is 0 Å². The Bertz CT molecular complexity index is 566. The van der Waals surface area contributed by atoms with E-state index < -0.39 is 5.60 Å². The van der Waals surface area contributed by atoms with Gasteiger partial charge in [-0.05, 0) is 44.0 Å². The molecule has 1 fully saturated rings. The molecule has 3 rings (SSSR count). The SMILES string of the molecule is CC(C)(C)OC(=O)N1CCNCC1c1ccc2c(c1)CCO2. The molecule has 2 heterocycles. The normalized spacial score (nSPS) is 21.2. The third-order valence-electron chi connectivity index (χ3n) is 3.97. The fraction of sp³-hybridized carbons (Fsp3) is 0.588. The second-order valence-electron chi connectivity index (χ2n) is 6.86. The van der Waals surface area contributed by atoms with E-state index >= 15 is 0 Å². The molecular formula is C17H24N2O3. The number of nitrogens with zero attached hydrogens (tertiary/aromatic N) is 1. The molecule has 0 radical (unpaired) electrons. The summed E-state index contributed by atoms with van der Waals surface area (Å²) < 4.78 is 11.1. The summed E-state index contributed by atoms with van der Waals surface area (Å²) in [6.45, 7) is 8.64. The molecule has 1 aromatic rings. The van der Waals surface area contributed by atoms with Gasteiger partial charge < -0.3 is 14.8 Å². The van der Waals surface area contributed by atoms with Crippen molar-refractivity contribution in [2.24, 2.45) is 0 Å². The highest BCUT2D eigenvalue weighted by Crippen LogP contribution is 2.31. The molecule has 1 aromatic carbocycles. The van der Waals surface area contributed by atoms with Crippen molar-refractivity contribution in [1.29, 1.82) is 0 Å². The Morgan fingerprint density at radius 2 is 2.23 bits per heavy atom. The Morgan fingerprint density at radius 1 is 1.41 bits per heavy atom. The molecule has 1 N–H and O–H groups in total. The molecule has 0 spiro atoms.